The summed E-state index contributed by atoms with van der Waals surface area (Å²) in [5, 5.41) is 9.30. The molecule has 1 N–H and O–H groups in total. The fourth-order valence-corrected chi connectivity index (χ4v) is 2.58. The number of hydrogen-bond donors (Lipinski definition) is 1. The SMILES string of the molecule is O=C(OCC1CCCCC1CO)c1ccccc1. The van der Waals surface area contributed by atoms with Crippen LogP contribution in [0, 0.1) is 11.8 Å². The van der Waals surface area contributed by atoms with E-state index < -0.39 is 0 Å². The lowest BCUT2D eigenvalue weighted by atomic mass is 9.80. The van der Waals surface area contributed by atoms with Gasteiger partial charge in [-0.15, -0.1) is 0 Å². The largest absolute Gasteiger partial charge is 0.462 e. The predicted octanol–water partition coefficient (Wildman–Crippen LogP) is 2.64. The first kappa shape index (κ1) is 13.1. The van der Waals surface area contributed by atoms with Gasteiger partial charge in [-0.05, 0) is 36.8 Å². The van der Waals surface area contributed by atoms with E-state index in [9.17, 15) is 9.90 Å². The van der Waals surface area contributed by atoms with Crippen LogP contribution >= 0.6 is 0 Å². The van der Waals surface area contributed by atoms with Crippen LogP contribution in [0.25, 0.3) is 0 Å². The average molecular weight is 248 g/mol. The van der Waals surface area contributed by atoms with Crippen LogP contribution in [0.2, 0.25) is 0 Å². The minimum Gasteiger partial charge on any atom is -0.462 e. The molecule has 1 aromatic rings. The topological polar surface area (TPSA) is 46.5 Å². The number of carbonyl (C=O) groups is 1. The molecule has 0 aliphatic heterocycles. The Morgan fingerprint density at radius 2 is 1.83 bits per heavy atom. The van der Waals surface area contributed by atoms with Crippen molar-refractivity contribution in [1.82, 2.24) is 0 Å². The van der Waals surface area contributed by atoms with E-state index in [0.29, 0.717) is 24.0 Å². The number of ether oxygens (including phenoxy) is 1. The number of esters is 1. The van der Waals surface area contributed by atoms with Crippen molar-refractivity contribution in [2.45, 2.75) is 25.7 Å². The normalized spacial score (nSPS) is 23.6. The summed E-state index contributed by atoms with van der Waals surface area (Å²) in [6, 6.07) is 9.04. The third kappa shape index (κ3) is 3.33. The van der Waals surface area contributed by atoms with E-state index in [1.54, 1.807) is 12.1 Å². The van der Waals surface area contributed by atoms with Crippen LogP contribution in [-0.2, 0) is 4.74 Å². The molecule has 98 valence electrons. The molecule has 3 heteroatoms. The van der Waals surface area contributed by atoms with Gasteiger partial charge in [0.1, 0.15) is 0 Å². The lowest BCUT2D eigenvalue weighted by molar-refractivity contribution is 0.0272. The summed E-state index contributed by atoms with van der Waals surface area (Å²) < 4.78 is 5.35. The zero-order valence-electron chi connectivity index (χ0n) is 10.5. The highest BCUT2D eigenvalue weighted by Crippen LogP contribution is 2.29. The molecule has 0 radical (unpaired) electrons. The van der Waals surface area contributed by atoms with E-state index in [1.165, 1.54) is 12.8 Å². The predicted molar refractivity (Wildman–Crippen MR) is 69.3 cm³/mol. The van der Waals surface area contributed by atoms with Crippen LogP contribution in [0.4, 0.5) is 0 Å². The lowest BCUT2D eigenvalue weighted by Crippen LogP contribution is -2.27. The molecule has 0 amide bonds. The Labute approximate surface area is 108 Å². The molecule has 2 atom stereocenters. The van der Waals surface area contributed by atoms with Gasteiger partial charge in [0.2, 0.25) is 0 Å². The van der Waals surface area contributed by atoms with Crippen LogP contribution < -0.4 is 0 Å². The Kier molecular flexibility index (Phi) is 4.76. The minimum atomic E-state index is -0.266. The summed E-state index contributed by atoms with van der Waals surface area (Å²) in [6.45, 7) is 0.631. The van der Waals surface area contributed by atoms with E-state index >= 15 is 0 Å². The molecular formula is C15H20O3. The Bertz CT molecular complexity index is 375. The third-order valence-electron chi connectivity index (χ3n) is 3.74. The van der Waals surface area contributed by atoms with Crippen LogP contribution in [0.3, 0.4) is 0 Å². The lowest BCUT2D eigenvalue weighted by Gasteiger charge is -2.29. The van der Waals surface area contributed by atoms with Crippen LogP contribution in [-0.4, -0.2) is 24.3 Å². The fraction of sp³-hybridized carbons (Fsp3) is 0.533. The van der Waals surface area contributed by atoms with Gasteiger partial charge < -0.3 is 9.84 Å². The number of aliphatic hydroxyl groups is 1. The molecule has 0 aromatic heterocycles. The second-order valence-corrected chi connectivity index (χ2v) is 4.95. The van der Waals surface area contributed by atoms with Gasteiger partial charge in [0.15, 0.2) is 0 Å². The molecule has 1 aliphatic carbocycles. The van der Waals surface area contributed by atoms with Crippen molar-refractivity contribution in [3.8, 4) is 0 Å². The number of hydrogen-bond acceptors (Lipinski definition) is 3. The summed E-state index contributed by atoms with van der Waals surface area (Å²) in [4.78, 5) is 11.8. The molecule has 1 aliphatic rings. The van der Waals surface area contributed by atoms with Gasteiger partial charge in [-0.2, -0.15) is 0 Å². The number of rotatable bonds is 4. The third-order valence-corrected chi connectivity index (χ3v) is 3.74. The molecule has 2 rings (SSSR count). The molecule has 0 heterocycles. The van der Waals surface area contributed by atoms with Crippen molar-refractivity contribution < 1.29 is 14.6 Å². The Morgan fingerprint density at radius 3 is 2.50 bits per heavy atom. The quantitative estimate of drug-likeness (QED) is 0.833. The summed E-state index contributed by atoms with van der Waals surface area (Å²) in [5.74, 6) is 0.344. The maximum atomic E-state index is 11.8. The first-order valence-electron chi connectivity index (χ1n) is 6.64. The van der Waals surface area contributed by atoms with Crippen molar-refractivity contribution in [2.75, 3.05) is 13.2 Å². The summed E-state index contributed by atoms with van der Waals surface area (Å²) in [5.41, 5.74) is 0.592. The van der Waals surface area contributed by atoms with Crippen molar-refractivity contribution in [2.24, 2.45) is 11.8 Å². The van der Waals surface area contributed by atoms with E-state index in [4.69, 9.17) is 4.74 Å². The van der Waals surface area contributed by atoms with Crippen molar-refractivity contribution in [3.05, 3.63) is 35.9 Å². The maximum Gasteiger partial charge on any atom is 0.338 e. The molecule has 1 saturated carbocycles. The first-order valence-corrected chi connectivity index (χ1v) is 6.64. The minimum absolute atomic E-state index is 0.202. The summed E-state index contributed by atoms with van der Waals surface area (Å²) >= 11 is 0. The molecule has 1 fully saturated rings. The molecule has 1 aromatic carbocycles. The molecule has 0 spiro atoms. The number of aliphatic hydroxyl groups excluding tert-OH is 1. The monoisotopic (exact) mass is 248 g/mol. The molecule has 0 saturated heterocycles. The molecule has 3 nitrogen and oxygen atoms in total. The van der Waals surface area contributed by atoms with Gasteiger partial charge in [0.25, 0.3) is 0 Å². The zero-order chi connectivity index (χ0) is 12.8. The van der Waals surface area contributed by atoms with Gasteiger partial charge in [-0.1, -0.05) is 31.0 Å². The first-order chi connectivity index (χ1) is 8.81. The fourth-order valence-electron chi connectivity index (χ4n) is 2.58. The van der Waals surface area contributed by atoms with Crippen molar-refractivity contribution in [1.29, 1.82) is 0 Å². The molecule has 2 unspecified atom stereocenters. The highest BCUT2D eigenvalue weighted by Gasteiger charge is 2.25. The molecular weight excluding hydrogens is 228 g/mol. The van der Waals surface area contributed by atoms with Gasteiger partial charge in [-0.3, -0.25) is 0 Å². The molecule has 0 bridgehead atoms. The Morgan fingerprint density at radius 1 is 1.17 bits per heavy atom. The average Bonchev–Trinajstić information content (AvgIpc) is 2.46. The number of carbonyl (C=O) groups excluding carboxylic acids is 1. The van der Waals surface area contributed by atoms with Gasteiger partial charge >= 0.3 is 5.97 Å². The summed E-state index contributed by atoms with van der Waals surface area (Å²) in [7, 11) is 0. The maximum absolute atomic E-state index is 11.8. The van der Waals surface area contributed by atoms with Crippen LogP contribution in [0.1, 0.15) is 36.0 Å². The zero-order valence-corrected chi connectivity index (χ0v) is 10.5. The van der Waals surface area contributed by atoms with E-state index in [2.05, 4.69) is 0 Å². The Balaban J connectivity index is 1.85. The van der Waals surface area contributed by atoms with Gasteiger partial charge in [0.05, 0.1) is 12.2 Å². The summed E-state index contributed by atoms with van der Waals surface area (Å²) in [6.07, 6.45) is 4.44. The van der Waals surface area contributed by atoms with Crippen molar-refractivity contribution in [3.63, 3.8) is 0 Å². The highest BCUT2D eigenvalue weighted by molar-refractivity contribution is 5.89. The second-order valence-electron chi connectivity index (χ2n) is 4.95. The van der Waals surface area contributed by atoms with Gasteiger partial charge in [-0.25, -0.2) is 4.79 Å². The van der Waals surface area contributed by atoms with Crippen LogP contribution in [0.5, 0.6) is 0 Å². The molecule has 18 heavy (non-hydrogen) atoms. The van der Waals surface area contributed by atoms with E-state index in [0.717, 1.165) is 12.8 Å². The highest BCUT2D eigenvalue weighted by atomic mass is 16.5. The number of benzene rings is 1. The van der Waals surface area contributed by atoms with E-state index in [1.807, 2.05) is 18.2 Å². The smallest absolute Gasteiger partial charge is 0.338 e. The van der Waals surface area contributed by atoms with Gasteiger partial charge in [0, 0.05) is 6.61 Å². The standard InChI is InChI=1S/C15H20O3/c16-10-13-8-4-5-9-14(13)11-18-15(17)12-6-2-1-3-7-12/h1-3,6-7,13-14,16H,4-5,8-11H2. The Hall–Kier alpha value is -1.35. The second kappa shape index (κ2) is 6.55. The van der Waals surface area contributed by atoms with Crippen molar-refractivity contribution >= 4 is 5.97 Å². The van der Waals surface area contributed by atoms with E-state index in [-0.39, 0.29) is 12.6 Å². The van der Waals surface area contributed by atoms with Crippen LogP contribution in [0.15, 0.2) is 30.3 Å².